The quantitative estimate of drug-likeness (QED) is 0.852. The molecule has 0 radical (unpaired) electrons. The molecule has 1 fully saturated rings. The molecule has 0 aromatic heterocycles. The summed E-state index contributed by atoms with van der Waals surface area (Å²) in [6.45, 7) is -11.4. The van der Waals surface area contributed by atoms with E-state index in [0.29, 0.717) is 9.37 Å². The Kier molecular flexibility index (Phi) is 1.39. The SMILES string of the molecule is [2H]C1([2H])NC([2H])([2H])C([2H])([2H])N(c2ccc(Br)c(Cl)c2)C1([2H])[2H]. The molecule has 0 atom stereocenters. The number of nitrogens with one attached hydrogen (secondary N) is 1. The Hall–Kier alpha value is -0.250. The van der Waals surface area contributed by atoms with Crippen LogP contribution in [-0.2, 0) is 0 Å². The maximum atomic E-state index is 7.97. The largest absolute Gasteiger partial charge is 0.369 e. The van der Waals surface area contributed by atoms with Crippen molar-refractivity contribution in [2.45, 2.75) is 0 Å². The van der Waals surface area contributed by atoms with Gasteiger partial charge < -0.3 is 10.2 Å². The topological polar surface area (TPSA) is 15.3 Å². The highest BCUT2D eigenvalue weighted by Crippen LogP contribution is 2.27. The van der Waals surface area contributed by atoms with Crippen LogP contribution in [0.15, 0.2) is 22.7 Å². The van der Waals surface area contributed by atoms with Gasteiger partial charge >= 0.3 is 0 Å². The highest BCUT2D eigenvalue weighted by molar-refractivity contribution is 9.10. The highest BCUT2D eigenvalue weighted by Gasteiger charge is 2.10. The monoisotopic (exact) mass is 282 g/mol. The van der Waals surface area contributed by atoms with Crippen molar-refractivity contribution < 1.29 is 11.0 Å². The molecule has 0 unspecified atom stereocenters. The Morgan fingerprint density at radius 2 is 2.14 bits per heavy atom. The Morgan fingerprint density at radius 1 is 1.43 bits per heavy atom. The molecule has 0 bridgehead atoms. The first-order chi connectivity index (χ1) is 9.74. The van der Waals surface area contributed by atoms with Crippen molar-refractivity contribution in [3.63, 3.8) is 0 Å². The number of benzene rings is 1. The fourth-order valence-electron chi connectivity index (χ4n) is 0.980. The number of nitrogens with zero attached hydrogens (tertiary/aromatic N) is 1. The molecule has 0 saturated carbocycles. The molecule has 1 aromatic carbocycles. The molecule has 2 nitrogen and oxygen atoms in total. The van der Waals surface area contributed by atoms with Gasteiger partial charge in [-0.05, 0) is 34.1 Å². The molecule has 14 heavy (non-hydrogen) atoms. The second-order valence-corrected chi connectivity index (χ2v) is 3.79. The normalized spacial score (nSPS) is 40.0. The molecule has 0 spiro atoms. The van der Waals surface area contributed by atoms with Gasteiger partial charge in [0.2, 0.25) is 0 Å². The van der Waals surface area contributed by atoms with Gasteiger partial charge in [0.05, 0.1) is 10.5 Å². The maximum absolute atomic E-state index is 7.97. The third-order valence-electron chi connectivity index (χ3n) is 1.62. The number of halogens is 2. The van der Waals surface area contributed by atoms with E-state index >= 15 is 0 Å². The summed E-state index contributed by atoms with van der Waals surface area (Å²) in [5, 5.41) is 1.94. The summed E-state index contributed by atoms with van der Waals surface area (Å²) in [6.07, 6.45) is 0. The standard InChI is InChI=1S/C10H12BrClN2/c11-9-2-1-8(7-10(9)12)14-5-3-13-4-6-14/h1-2,7,13H,3-6H2/i3D2,4D2,5D2,6D2. The van der Waals surface area contributed by atoms with Crippen LogP contribution in [0.5, 0.6) is 0 Å². The molecular formula is C10H12BrClN2. The lowest BCUT2D eigenvalue weighted by Gasteiger charge is -2.29. The van der Waals surface area contributed by atoms with Crippen LogP contribution in [0.3, 0.4) is 0 Å². The van der Waals surface area contributed by atoms with Crippen LogP contribution in [0.4, 0.5) is 5.69 Å². The molecule has 1 heterocycles. The van der Waals surface area contributed by atoms with Crippen molar-refractivity contribution in [1.82, 2.24) is 5.32 Å². The van der Waals surface area contributed by atoms with E-state index in [9.17, 15) is 0 Å². The van der Waals surface area contributed by atoms with Crippen LogP contribution in [0.2, 0.25) is 5.02 Å². The van der Waals surface area contributed by atoms with Crippen molar-refractivity contribution in [3.8, 4) is 0 Å². The average molecular weight is 284 g/mol. The Bertz CT molecular complexity index is 583. The first kappa shape index (κ1) is 4.32. The Balaban J connectivity index is 2.68. The highest BCUT2D eigenvalue weighted by atomic mass is 79.9. The predicted molar refractivity (Wildman–Crippen MR) is 64.2 cm³/mol. The van der Waals surface area contributed by atoms with E-state index < -0.39 is 26.0 Å². The van der Waals surface area contributed by atoms with Crippen molar-refractivity contribution in [2.24, 2.45) is 0 Å². The minimum Gasteiger partial charge on any atom is -0.369 e. The molecule has 1 aliphatic heterocycles. The van der Waals surface area contributed by atoms with Gasteiger partial charge in [0.25, 0.3) is 0 Å². The minimum atomic E-state index is -2.86. The van der Waals surface area contributed by atoms with Crippen molar-refractivity contribution in [2.75, 3.05) is 30.9 Å². The van der Waals surface area contributed by atoms with E-state index in [1.54, 1.807) is 5.32 Å². The second kappa shape index (κ2) is 4.51. The number of anilines is 1. The predicted octanol–water partition coefficient (Wildman–Crippen LogP) is 2.51. The van der Waals surface area contributed by atoms with Gasteiger partial charge in [0.15, 0.2) is 0 Å². The third-order valence-corrected chi connectivity index (χ3v) is 2.85. The van der Waals surface area contributed by atoms with E-state index in [0.717, 1.165) is 0 Å². The average Bonchev–Trinajstić information content (AvgIpc) is 2.30. The second-order valence-electron chi connectivity index (χ2n) is 2.53. The number of hydrogen-bond acceptors (Lipinski definition) is 2. The zero-order valence-electron chi connectivity index (χ0n) is 14.9. The lowest BCUT2D eigenvalue weighted by Crippen LogP contribution is -2.43. The van der Waals surface area contributed by atoms with Crippen molar-refractivity contribution >= 4 is 33.2 Å². The first-order valence-corrected chi connectivity index (χ1v) is 4.96. The third kappa shape index (κ3) is 2.22. The van der Waals surface area contributed by atoms with E-state index in [2.05, 4.69) is 15.9 Å². The van der Waals surface area contributed by atoms with Gasteiger partial charge in [-0.25, -0.2) is 0 Å². The molecule has 1 saturated heterocycles. The summed E-state index contributed by atoms with van der Waals surface area (Å²) < 4.78 is 63.3. The van der Waals surface area contributed by atoms with Crippen LogP contribution >= 0.6 is 27.5 Å². The van der Waals surface area contributed by atoms with Gasteiger partial charge in [-0.3, -0.25) is 0 Å². The fraction of sp³-hybridized carbons (Fsp3) is 0.400. The van der Waals surface area contributed by atoms with Gasteiger partial charge in [0.1, 0.15) is 0 Å². The fourth-order valence-corrected chi connectivity index (χ4v) is 1.40. The van der Waals surface area contributed by atoms with Crippen LogP contribution in [-0.4, -0.2) is 26.0 Å². The number of hydrogen-bond donors (Lipinski definition) is 1. The van der Waals surface area contributed by atoms with Gasteiger partial charge in [-0.1, -0.05) is 11.6 Å². The van der Waals surface area contributed by atoms with Gasteiger partial charge in [-0.2, -0.15) is 0 Å². The smallest absolute Gasteiger partial charge is 0.0568 e. The zero-order chi connectivity index (χ0) is 17.1. The summed E-state index contributed by atoms with van der Waals surface area (Å²) in [7, 11) is 0. The first-order valence-electron chi connectivity index (χ1n) is 7.79. The van der Waals surface area contributed by atoms with Crippen LogP contribution < -0.4 is 10.2 Å². The Labute approximate surface area is 109 Å². The zero-order valence-corrected chi connectivity index (χ0v) is 9.28. The lowest BCUT2D eigenvalue weighted by molar-refractivity contribution is 0.589. The summed E-state index contributed by atoms with van der Waals surface area (Å²) in [6, 6.07) is 4.04. The lowest BCUT2D eigenvalue weighted by atomic mass is 10.2. The summed E-state index contributed by atoms with van der Waals surface area (Å²) in [5.41, 5.74) is -0.0718. The molecule has 4 heteroatoms. The van der Waals surface area contributed by atoms with Crippen molar-refractivity contribution in [1.29, 1.82) is 0 Å². The minimum absolute atomic E-state index is 0.0718. The van der Waals surface area contributed by atoms with E-state index in [1.165, 1.54) is 18.2 Å². The van der Waals surface area contributed by atoms with Crippen LogP contribution in [0.25, 0.3) is 0 Å². The molecule has 2 rings (SSSR count). The van der Waals surface area contributed by atoms with Crippen LogP contribution in [0, 0.1) is 0 Å². The van der Waals surface area contributed by atoms with E-state index in [-0.39, 0.29) is 10.7 Å². The Morgan fingerprint density at radius 3 is 2.79 bits per heavy atom. The summed E-state index contributed by atoms with van der Waals surface area (Å²) in [4.78, 5) is 0.439. The molecule has 0 amide bonds. The van der Waals surface area contributed by atoms with E-state index in [4.69, 9.17) is 22.6 Å². The summed E-state index contributed by atoms with van der Waals surface area (Å²) >= 11 is 9.10. The number of rotatable bonds is 1. The molecule has 1 aliphatic rings. The molecular weight excluding hydrogens is 263 g/mol. The van der Waals surface area contributed by atoms with Crippen molar-refractivity contribution in [3.05, 3.63) is 27.7 Å². The van der Waals surface area contributed by atoms with E-state index in [1.807, 2.05) is 0 Å². The molecule has 0 aliphatic carbocycles. The van der Waals surface area contributed by atoms with Gasteiger partial charge in [0, 0.05) is 41.6 Å². The molecule has 1 N–H and O–H groups in total. The van der Waals surface area contributed by atoms with Gasteiger partial charge in [-0.15, -0.1) is 0 Å². The summed E-state index contributed by atoms with van der Waals surface area (Å²) in [5.74, 6) is 0. The van der Waals surface area contributed by atoms with Crippen LogP contribution in [0.1, 0.15) is 11.0 Å². The molecule has 76 valence electrons. The number of piperazine rings is 1. The molecule has 1 aromatic rings. The maximum Gasteiger partial charge on any atom is 0.0568 e.